The number of amides is 1. The molecule has 1 heterocycles. The lowest BCUT2D eigenvalue weighted by Gasteiger charge is -2.08. The highest BCUT2D eigenvalue weighted by molar-refractivity contribution is 7.93. The lowest BCUT2D eigenvalue weighted by molar-refractivity contribution is -0.117. The van der Waals surface area contributed by atoms with E-state index in [1.807, 2.05) is 48.5 Å². The predicted molar refractivity (Wildman–Crippen MR) is 105 cm³/mol. The molecule has 0 bridgehead atoms. The molecule has 0 aliphatic rings. The summed E-state index contributed by atoms with van der Waals surface area (Å²) in [6.45, 7) is 0.449. The van der Waals surface area contributed by atoms with Gasteiger partial charge in [-0.3, -0.25) is 4.79 Å². The SMILES string of the molecule is CS(=O)(=NC(=O)Cc1cccc(OCc2ccccc2)c1)c1ccccn1. The van der Waals surface area contributed by atoms with Gasteiger partial charge in [0.2, 0.25) is 0 Å². The minimum absolute atomic E-state index is 0.0558. The van der Waals surface area contributed by atoms with E-state index in [4.69, 9.17) is 4.74 Å². The third-order valence-corrected chi connectivity index (χ3v) is 5.37. The standard InChI is InChI=1S/C21H20N2O3S/c1-27(25,21-12-5-6-13-22-21)23-20(24)15-18-10-7-11-19(14-18)26-16-17-8-3-2-4-9-17/h2-14H,15-16H2,1H3. The smallest absolute Gasteiger partial charge is 0.258 e. The fourth-order valence-electron chi connectivity index (χ4n) is 2.51. The molecule has 3 rings (SSSR count). The summed E-state index contributed by atoms with van der Waals surface area (Å²) >= 11 is 0. The molecule has 2 aromatic carbocycles. The van der Waals surface area contributed by atoms with Gasteiger partial charge in [0.15, 0.2) is 0 Å². The van der Waals surface area contributed by atoms with Crippen molar-refractivity contribution in [3.05, 3.63) is 90.1 Å². The number of hydrogen-bond donors (Lipinski definition) is 0. The molecule has 0 aliphatic heterocycles. The van der Waals surface area contributed by atoms with Crippen LogP contribution < -0.4 is 4.74 Å². The molecular formula is C21H20N2O3S. The van der Waals surface area contributed by atoms with Crippen molar-refractivity contribution < 1.29 is 13.7 Å². The van der Waals surface area contributed by atoms with Gasteiger partial charge in [-0.05, 0) is 35.4 Å². The highest BCUT2D eigenvalue weighted by atomic mass is 32.2. The molecule has 6 heteroatoms. The molecule has 138 valence electrons. The summed E-state index contributed by atoms with van der Waals surface area (Å²) < 4.78 is 22.3. The van der Waals surface area contributed by atoms with E-state index in [-0.39, 0.29) is 6.42 Å². The fraction of sp³-hybridized carbons (Fsp3) is 0.143. The zero-order chi connectivity index (χ0) is 19.1. The number of rotatable bonds is 6. The normalized spacial score (nSPS) is 12.8. The number of carbonyl (C=O) groups excluding carboxylic acids is 1. The van der Waals surface area contributed by atoms with Crippen molar-refractivity contribution in [2.24, 2.45) is 4.36 Å². The molecule has 5 nitrogen and oxygen atoms in total. The molecule has 0 radical (unpaired) electrons. The minimum atomic E-state index is -2.85. The van der Waals surface area contributed by atoms with E-state index >= 15 is 0 Å². The van der Waals surface area contributed by atoms with Gasteiger partial charge in [0.1, 0.15) is 17.4 Å². The lowest BCUT2D eigenvalue weighted by atomic mass is 10.1. The van der Waals surface area contributed by atoms with Crippen molar-refractivity contribution in [2.45, 2.75) is 18.1 Å². The third kappa shape index (κ3) is 5.49. The minimum Gasteiger partial charge on any atom is -0.489 e. The number of pyridine rings is 1. The second-order valence-corrected chi connectivity index (χ2v) is 8.26. The van der Waals surface area contributed by atoms with Crippen LogP contribution in [0.5, 0.6) is 5.75 Å². The Balaban J connectivity index is 1.68. The first-order valence-electron chi connectivity index (χ1n) is 8.45. The van der Waals surface area contributed by atoms with Crippen molar-refractivity contribution in [1.82, 2.24) is 4.98 Å². The Morgan fingerprint density at radius 3 is 2.48 bits per heavy atom. The fourth-order valence-corrected chi connectivity index (χ4v) is 3.64. The quantitative estimate of drug-likeness (QED) is 0.651. The van der Waals surface area contributed by atoms with Crippen LogP contribution in [-0.4, -0.2) is 21.4 Å². The van der Waals surface area contributed by atoms with Crippen molar-refractivity contribution in [3.63, 3.8) is 0 Å². The maximum Gasteiger partial charge on any atom is 0.258 e. The molecule has 3 aromatic rings. The number of nitrogens with zero attached hydrogens (tertiary/aromatic N) is 2. The number of carbonyl (C=O) groups is 1. The first-order valence-corrected chi connectivity index (χ1v) is 10.4. The van der Waals surface area contributed by atoms with Crippen LogP contribution in [0.4, 0.5) is 0 Å². The predicted octanol–water partition coefficient (Wildman–Crippen LogP) is 3.89. The van der Waals surface area contributed by atoms with E-state index in [1.54, 1.807) is 24.3 Å². The number of ether oxygens (including phenoxy) is 1. The second kappa shape index (κ2) is 8.60. The first kappa shape index (κ1) is 18.8. The Morgan fingerprint density at radius 2 is 1.74 bits per heavy atom. The van der Waals surface area contributed by atoms with Crippen LogP contribution in [0.25, 0.3) is 0 Å². The lowest BCUT2D eigenvalue weighted by Crippen LogP contribution is -2.07. The van der Waals surface area contributed by atoms with Gasteiger partial charge in [-0.1, -0.05) is 48.5 Å². The molecule has 1 amide bonds. The summed E-state index contributed by atoms with van der Waals surface area (Å²) in [7, 11) is -2.85. The average Bonchev–Trinajstić information content (AvgIpc) is 2.68. The van der Waals surface area contributed by atoms with Crippen LogP contribution in [0.2, 0.25) is 0 Å². The van der Waals surface area contributed by atoms with Gasteiger partial charge in [0.25, 0.3) is 5.91 Å². The van der Waals surface area contributed by atoms with Crippen molar-refractivity contribution >= 4 is 15.6 Å². The maximum absolute atomic E-state index is 12.6. The molecule has 0 fully saturated rings. The van der Waals surface area contributed by atoms with Gasteiger partial charge < -0.3 is 4.74 Å². The van der Waals surface area contributed by atoms with Crippen LogP contribution in [-0.2, 0) is 27.6 Å². The average molecular weight is 380 g/mol. The van der Waals surface area contributed by atoms with E-state index in [9.17, 15) is 9.00 Å². The highest BCUT2D eigenvalue weighted by Gasteiger charge is 2.11. The molecular weight excluding hydrogens is 360 g/mol. The zero-order valence-corrected chi connectivity index (χ0v) is 15.8. The number of aromatic nitrogens is 1. The van der Waals surface area contributed by atoms with Gasteiger partial charge >= 0.3 is 0 Å². The highest BCUT2D eigenvalue weighted by Crippen LogP contribution is 2.17. The van der Waals surface area contributed by atoms with Crippen molar-refractivity contribution in [2.75, 3.05) is 6.26 Å². The largest absolute Gasteiger partial charge is 0.489 e. The molecule has 0 spiro atoms. The monoisotopic (exact) mass is 380 g/mol. The van der Waals surface area contributed by atoms with Crippen LogP contribution in [0.1, 0.15) is 11.1 Å². The number of benzene rings is 2. The van der Waals surface area contributed by atoms with Gasteiger partial charge in [0, 0.05) is 12.5 Å². The van der Waals surface area contributed by atoms with Gasteiger partial charge in [0.05, 0.1) is 16.1 Å². The van der Waals surface area contributed by atoms with Crippen LogP contribution >= 0.6 is 0 Å². The van der Waals surface area contributed by atoms with Gasteiger partial charge in [-0.2, -0.15) is 4.36 Å². The molecule has 1 unspecified atom stereocenters. The van der Waals surface area contributed by atoms with Gasteiger partial charge in [-0.15, -0.1) is 0 Å². The molecule has 27 heavy (non-hydrogen) atoms. The van der Waals surface area contributed by atoms with E-state index < -0.39 is 15.6 Å². The second-order valence-electron chi connectivity index (χ2n) is 6.05. The van der Waals surface area contributed by atoms with Crippen molar-refractivity contribution in [3.8, 4) is 5.75 Å². The van der Waals surface area contributed by atoms with E-state index in [0.717, 1.165) is 11.1 Å². The van der Waals surface area contributed by atoms with Crippen molar-refractivity contribution in [1.29, 1.82) is 0 Å². The Labute approximate surface area is 159 Å². The Hall–Kier alpha value is -2.99. The first-order chi connectivity index (χ1) is 13.0. The molecule has 1 aromatic heterocycles. The molecule has 0 saturated carbocycles. The Morgan fingerprint density at radius 1 is 1.00 bits per heavy atom. The molecule has 0 aliphatic carbocycles. The molecule has 1 atom stereocenters. The summed E-state index contributed by atoms with van der Waals surface area (Å²) in [5.74, 6) is 0.222. The maximum atomic E-state index is 12.6. The summed E-state index contributed by atoms with van der Waals surface area (Å²) in [6.07, 6.45) is 3.01. The van der Waals surface area contributed by atoms with E-state index in [0.29, 0.717) is 17.4 Å². The zero-order valence-electron chi connectivity index (χ0n) is 14.9. The summed E-state index contributed by atoms with van der Waals surface area (Å²) in [4.78, 5) is 16.3. The van der Waals surface area contributed by atoms with Gasteiger partial charge in [-0.25, -0.2) is 9.19 Å². The third-order valence-electron chi connectivity index (χ3n) is 3.80. The van der Waals surface area contributed by atoms with Crippen LogP contribution in [0.3, 0.4) is 0 Å². The summed E-state index contributed by atoms with van der Waals surface area (Å²) in [5, 5.41) is 0.304. The molecule has 0 N–H and O–H groups in total. The topological polar surface area (TPSA) is 68.6 Å². The van der Waals surface area contributed by atoms with E-state index in [2.05, 4.69) is 9.35 Å². The summed E-state index contributed by atoms with van der Waals surface area (Å²) in [5.41, 5.74) is 1.82. The molecule has 0 saturated heterocycles. The van der Waals surface area contributed by atoms with Crippen LogP contribution in [0, 0.1) is 0 Å². The Kier molecular flexibility index (Phi) is 5.98. The Bertz CT molecular complexity index is 1030. The van der Waals surface area contributed by atoms with Crippen LogP contribution in [0.15, 0.2) is 88.4 Å². The van der Waals surface area contributed by atoms with E-state index in [1.165, 1.54) is 12.5 Å². The number of hydrogen-bond acceptors (Lipinski definition) is 4. The summed E-state index contributed by atoms with van der Waals surface area (Å²) in [6, 6.07) is 22.2.